The van der Waals surface area contributed by atoms with Crippen molar-refractivity contribution in [3.63, 3.8) is 0 Å². The molecule has 0 bridgehead atoms. The summed E-state index contributed by atoms with van der Waals surface area (Å²) >= 11 is 3.47. The van der Waals surface area contributed by atoms with E-state index in [-0.39, 0.29) is 6.54 Å². The molecule has 1 rings (SSSR count). The van der Waals surface area contributed by atoms with Gasteiger partial charge in [-0.15, -0.1) is 0 Å². The zero-order valence-electron chi connectivity index (χ0n) is 12.0. The monoisotopic (exact) mass is 345 g/mol. The first-order valence-corrected chi connectivity index (χ1v) is 7.16. The van der Waals surface area contributed by atoms with E-state index in [2.05, 4.69) is 15.9 Å². The van der Waals surface area contributed by atoms with Crippen molar-refractivity contribution in [1.82, 2.24) is 4.90 Å². The van der Waals surface area contributed by atoms with Crippen molar-refractivity contribution in [2.24, 2.45) is 0 Å². The Balaban J connectivity index is 2.89. The SMILES string of the molecule is CCCOc1c(Br)cc(CN(C)CC(=O)O)cc1OC. The van der Waals surface area contributed by atoms with Gasteiger partial charge in [-0.25, -0.2) is 0 Å². The van der Waals surface area contributed by atoms with Crippen LogP contribution in [-0.4, -0.2) is 43.3 Å². The fourth-order valence-corrected chi connectivity index (χ4v) is 2.41. The van der Waals surface area contributed by atoms with Gasteiger partial charge in [0.25, 0.3) is 0 Å². The Bertz CT molecular complexity index is 465. The summed E-state index contributed by atoms with van der Waals surface area (Å²) in [5.74, 6) is 0.479. The molecule has 0 aromatic heterocycles. The van der Waals surface area contributed by atoms with Crippen LogP contribution >= 0.6 is 15.9 Å². The minimum atomic E-state index is -0.846. The molecule has 0 amide bonds. The molecular formula is C14H20BrNO4. The largest absolute Gasteiger partial charge is 0.493 e. The normalized spacial score (nSPS) is 10.7. The maximum absolute atomic E-state index is 10.7. The van der Waals surface area contributed by atoms with E-state index in [1.165, 1.54) is 0 Å². The van der Waals surface area contributed by atoms with Crippen molar-refractivity contribution in [3.8, 4) is 11.5 Å². The fourth-order valence-electron chi connectivity index (χ4n) is 1.81. The van der Waals surface area contributed by atoms with Crippen LogP contribution in [0.25, 0.3) is 0 Å². The third-order valence-corrected chi connectivity index (χ3v) is 3.19. The molecule has 6 heteroatoms. The third kappa shape index (κ3) is 5.02. The number of carboxylic acid groups (broad SMARTS) is 1. The van der Waals surface area contributed by atoms with Gasteiger partial charge in [0.2, 0.25) is 0 Å². The standard InChI is InChI=1S/C14H20BrNO4/c1-4-5-20-14-11(15)6-10(7-12(14)19-3)8-16(2)9-13(17)18/h6-7H,4-5,8-9H2,1-3H3,(H,17,18). The second-order valence-corrected chi connectivity index (χ2v) is 5.38. The summed E-state index contributed by atoms with van der Waals surface area (Å²) in [7, 11) is 3.35. The first-order valence-electron chi connectivity index (χ1n) is 6.37. The predicted octanol–water partition coefficient (Wildman–Crippen LogP) is 2.76. The van der Waals surface area contributed by atoms with Crippen molar-refractivity contribution in [2.75, 3.05) is 27.3 Å². The predicted molar refractivity (Wildman–Crippen MR) is 80.4 cm³/mol. The first-order chi connectivity index (χ1) is 9.47. The number of halogens is 1. The van der Waals surface area contributed by atoms with E-state index in [0.29, 0.717) is 24.7 Å². The second kappa shape index (κ2) is 8.11. The molecule has 0 heterocycles. The maximum atomic E-state index is 10.7. The quantitative estimate of drug-likeness (QED) is 0.784. The number of ether oxygens (including phenoxy) is 2. The van der Waals surface area contributed by atoms with Crippen LogP contribution in [0.3, 0.4) is 0 Å². The van der Waals surface area contributed by atoms with Gasteiger partial charge < -0.3 is 14.6 Å². The van der Waals surface area contributed by atoms with Crippen molar-refractivity contribution in [3.05, 3.63) is 22.2 Å². The second-order valence-electron chi connectivity index (χ2n) is 4.52. The Morgan fingerprint density at radius 1 is 1.45 bits per heavy atom. The number of aliphatic carboxylic acids is 1. The molecule has 0 atom stereocenters. The summed E-state index contributed by atoms with van der Waals surface area (Å²) < 4.78 is 11.8. The summed E-state index contributed by atoms with van der Waals surface area (Å²) in [5, 5.41) is 8.76. The Kier molecular flexibility index (Phi) is 6.81. The molecule has 1 N–H and O–H groups in total. The molecule has 112 valence electrons. The Morgan fingerprint density at radius 3 is 2.70 bits per heavy atom. The van der Waals surface area contributed by atoms with Gasteiger partial charge in [-0.2, -0.15) is 0 Å². The number of carbonyl (C=O) groups is 1. The summed E-state index contributed by atoms with van der Waals surface area (Å²) in [4.78, 5) is 12.4. The molecule has 5 nitrogen and oxygen atoms in total. The molecule has 1 aromatic carbocycles. The van der Waals surface area contributed by atoms with Gasteiger partial charge >= 0.3 is 5.97 Å². The highest BCUT2D eigenvalue weighted by atomic mass is 79.9. The number of carboxylic acids is 1. The van der Waals surface area contributed by atoms with Crippen LogP contribution in [0.15, 0.2) is 16.6 Å². The van der Waals surface area contributed by atoms with Crippen molar-refractivity contribution in [1.29, 1.82) is 0 Å². The number of methoxy groups -OCH3 is 1. The van der Waals surface area contributed by atoms with E-state index in [0.717, 1.165) is 16.5 Å². The summed E-state index contributed by atoms with van der Waals surface area (Å²) in [5.41, 5.74) is 0.960. The van der Waals surface area contributed by atoms with E-state index in [4.69, 9.17) is 14.6 Å². The lowest BCUT2D eigenvalue weighted by atomic mass is 10.2. The maximum Gasteiger partial charge on any atom is 0.317 e. The lowest BCUT2D eigenvalue weighted by Crippen LogP contribution is -2.25. The topological polar surface area (TPSA) is 59.0 Å². The average Bonchev–Trinajstić information content (AvgIpc) is 2.35. The molecule has 0 saturated carbocycles. The van der Waals surface area contributed by atoms with Crippen LogP contribution in [-0.2, 0) is 11.3 Å². The van der Waals surface area contributed by atoms with Crippen molar-refractivity contribution < 1.29 is 19.4 Å². The van der Waals surface area contributed by atoms with Gasteiger partial charge in [-0.1, -0.05) is 6.92 Å². The van der Waals surface area contributed by atoms with Crippen molar-refractivity contribution in [2.45, 2.75) is 19.9 Å². The van der Waals surface area contributed by atoms with Crippen molar-refractivity contribution >= 4 is 21.9 Å². The summed E-state index contributed by atoms with van der Waals surface area (Å²) in [6.07, 6.45) is 0.915. The number of hydrogen-bond donors (Lipinski definition) is 1. The number of rotatable bonds is 8. The van der Waals surface area contributed by atoms with Crippen LogP contribution in [0.1, 0.15) is 18.9 Å². The smallest absolute Gasteiger partial charge is 0.317 e. The molecule has 0 aliphatic rings. The number of likely N-dealkylation sites (N-methyl/N-ethyl adjacent to an activating group) is 1. The molecule has 0 aliphatic carbocycles. The summed E-state index contributed by atoms with van der Waals surface area (Å²) in [6.45, 7) is 3.17. The van der Waals surface area contributed by atoms with Crippen LogP contribution in [0, 0.1) is 0 Å². The Labute approximate surface area is 127 Å². The zero-order chi connectivity index (χ0) is 15.1. The fraction of sp³-hybridized carbons (Fsp3) is 0.500. The highest BCUT2D eigenvalue weighted by Crippen LogP contribution is 2.37. The number of benzene rings is 1. The van der Waals surface area contributed by atoms with Crippen LogP contribution < -0.4 is 9.47 Å². The van der Waals surface area contributed by atoms with Gasteiger partial charge in [-0.05, 0) is 47.1 Å². The molecule has 0 saturated heterocycles. The minimum Gasteiger partial charge on any atom is -0.493 e. The van der Waals surface area contributed by atoms with E-state index in [9.17, 15) is 4.79 Å². The number of hydrogen-bond acceptors (Lipinski definition) is 4. The molecule has 0 radical (unpaired) electrons. The van der Waals surface area contributed by atoms with Gasteiger partial charge in [0.15, 0.2) is 11.5 Å². The van der Waals surface area contributed by atoms with E-state index >= 15 is 0 Å². The van der Waals surface area contributed by atoms with Crippen LogP contribution in [0.5, 0.6) is 11.5 Å². The average molecular weight is 346 g/mol. The lowest BCUT2D eigenvalue weighted by molar-refractivity contribution is -0.138. The van der Waals surface area contributed by atoms with E-state index in [1.807, 2.05) is 19.1 Å². The van der Waals surface area contributed by atoms with E-state index < -0.39 is 5.97 Å². The van der Waals surface area contributed by atoms with Gasteiger partial charge in [0, 0.05) is 6.54 Å². The van der Waals surface area contributed by atoms with Crippen LogP contribution in [0.4, 0.5) is 0 Å². The minimum absolute atomic E-state index is 0.00593. The lowest BCUT2D eigenvalue weighted by Gasteiger charge is -2.17. The molecule has 1 aromatic rings. The van der Waals surface area contributed by atoms with E-state index in [1.54, 1.807) is 19.1 Å². The highest BCUT2D eigenvalue weighted by molar-refractivity contribution is 9.10. The Morgan fingerprint density at radius 2 is 2.15 bits per heavy atom. The molecule has 0 unspecified atom stereocenters. The molecule has 0 spiro atoms. The highest BCUT2D eigenvalue weighted by Gasteiger charge is 2.13. The van der Waals surface area contributed by atoms with Gasteiger partial charge in [0.05, 0.1) is 24.7 Å². The van der Waals surface area contributed by atoms with Crippen LogP contribution in [0.2, 0.25) is 0 Å². The zero-order valence-corrected chi connectivity index (χ0v) is 13.6. The molecule has 0 fully saturated rings. The van der Waals surface area contributed by atoms with Gasteiger partial charge in [-0.3, -0.25) is 9.69 Å². The summed E-state index contributed by atoms with van der Waals surface area (Å²) in [6, 6.07) is 3.79. The molecule has 20 heavy (non-hydrogen) atoms. The van der Waals surface area contributed by atoms with Gasteiger partial charge in [0.1, 0.15) is 0 Å². The Hall–Kier alpha value is -1.27. The molecular weight excluding hydrogens is 326 g/mol. The molecule has 0 aliphatic heterocycles. The number of nitrogens with zero attached hydrogens (tertiary/aromatic N) is 1. The third-order valence-electron chi connectivity index (χ3n) is 2.60. The first kappa shape index (κ1) is 16.8.